The molecule has 0 saturated carbocycles. The van der Waals surface area contributed by atoms with E-state index in [4.69, 9.17) is 0 Å². The van der Waals surface area contributed by atoms with Crippen molar-refractivity contribution in [1.82, 2.24) is 0 Å². The monoisotopic (exact) mass is 426 g/mol. The Kier molecular flexibility index (Phi) is 7.67. The van der Waals surface area contributed by atoms with E-state index in [9.17, 15) is 57.9 Å². The number of carbonyl (C=O) groups is 2. The number of halogens is 11. The first kappa shape index (κ1) is 25.4. The SMILES string of the molecule is COC(=O)CCCCCC(=O)C(F)(F)C(F)(F)C(F)(F)C(F)(F)C(F)(F)F. The average molecular weight is 426 g/mol. The minimum absolute atomic E-state index is 0.0653. The van der Waals surface area contributed by atoms with E-state index in [0.29, 0.717) is 0 Å². The van der Waals surface area contributed by atoms with Crippen molar-refractivity contribution in [2.75, 3.05) is 7.11 Å². The quantitative estimate of drug-likeness (QED) is 0.287. The molecule has 0 unspecified atom stereocenters. The van der Waals surface area contributed by atoms with Crippen molar-refractivity contribution in [3.63, 3.8) is 0 Å². The minimum atomic E-state index is -7.59. The number of hydrogen-bond donors (Lipinski definition) is 0. The lowest BCUT2D eigenvalue weighted by atomic mass is 9.93. The average Bonchev–Trinajstić information content (AvgIpc) is 2.52. The highest BCUT2D eigenvalue weighted by Crippen LogP contribution is 2.57. The lowest BCUT2D eigenvalue weighted by Crippen LogP contribution is -2.68. The third-order valence-corrected chi connectivity index (χ3v) is 3.40. The zero-order valence-corrected chi connectivity index (χ0v) is 13.4. The van der Waals surface area contributed by atoms with Crippen molar-refractivity contribution in [3.05, 3.63) is 0 Å². The molecular formula is C13H13F11O3. The first-order valence-electron chi connectivity index (χ1n) is 7.06. The molecule has 0 aromatic rings. The predicted molar refractivity (Wildman–Crippen MR) is 66.0 cm³/mol. The number of methoxy groups -OCH3 is 1. The van der Waals surface area contributed by atoms with E-state index in [1.54, 1.807) is 0 Å². The molecule has 0 saturated heterocycles. The van der Waals surface area contributed by atoms with Gasteiger partial charge in [0.05, 0.1) is 7.11 Å². The fourth-order valence-corrected chi connectivity index (χ4v) is 1.74. The third-order valence-electron chi connectivity index (χ3n) is 3.40. The molecule has 0 spiro atoms. The van der Waals surface area contributed by atoms with E-state index in [1.807, 2.05) is 0 Å². The Morgan fingerprint density at radius 2 is 1.11 bits per heavy atom. The lowest BCUT2D eigenvalue weighted by Gasteiger charge is -2.36. The molecule has 0 heterocycles. The molecule has 0 aliphatic heterocycles. The Hall–Kier alpha value is -1.63. The van der Waals surface area contributed by atoms with Gasteiger partial charge in [0.15, 0.2) is 0 Å². The summed E-state index contributed by atoms with van der Waals surface area (Å²) in [4.78, 5) is 21.8. The van der Waals surface area contributed by atoms with Crippen LogP contribution in [0.3, 0.4) is 0 Å². The minimum Gasteiger partial charge on any atom is -0.469 e. The summed E-state index contributed by atoms with van der Waals surface area (Å²) in [7, 11) is 1.02. The molecule has 0 bridgehead atoms. The number of hydrogen-bond acceptors (Lipinski definition) is 3. The first-order valence-corrected chi connectivity index (χ1v) is 7.06. The summed E-state index contributed by atoms with van der Waals surface area (Å²) >= 11 is 0. The van der Waals surface area contributed by atoms with Crippen LogP contribution in [0.4, 0.5) is 48.3 Å². The standard InChI is InChI=1S/C13H13F11O3/c1-27-8(26)6-4-2-3-5-7(25)9(14,15)10(16,17)11(18,19)12(20,21)13(22,23)24/h2-6H2,1H3. The first-order chi connectivity index (χ1) is 11.9. The van der Waals surface area contributed by atoms with Gasteiger partial charge in [0.1, 0.15) is 0 Å². The Labute approximate surface area is 144 Å². The lowest BCUT2D eigenvalue weighted by molar-refractivity contribution is -0.416. The Bertz CT molecular complexity index is 540. The van der Waals surface area contributed by atoms with Gasteiger partial charge in [-0.05, 0) is 12.8 Å². The second kappa shape index (κ2) is 8.17. The van der Waals surface area contributed by atoms with Crippen molar-refractivity contribution in [1.29, 1.82) is 0 Å². The molecule has 0 amide bonds. The summed E-state index contributed by atoms with van der Waals surface area (Å²) in [6.45, 7) is 0. The Morgan fingerprint density at radius 3 is 1.52 bits per heavy atom. The highest BCUT2D eigenvalue weighted by molar-refractivity contribution is 5.87. The van der Waals surface area contributed by atoms with Gasteiger partial charge in [0.25, 0.3) is 0 Å². The maximum Gasteiger partial charge on any atom is 0.460 e. The molecule has 0 rings (SSSR count). The summed E-state index contributed by atoms with van der Waals surface area (Å²) in [5, 5.41) is 0. The number of esters is 1. The van der Waals surface area contributed by atoms with Gasteiger partial charge in [0, 0.05) is 12.8 Å². The maximum atomic E-state index is 13.3. The molecule has 0 N–H and O–H groups in total. The number of carbonyl (C=O) groups excluding carboxylic acids is 2. The van der Waals surface area contributed by atoms with E-state index in [1.165, 1.54) is 0 Å². The summed E-state index contributed by atoms with van der Waals surface area (Å²) in [5.41, 5.74) is 0. The number of Topliss-reactive ketones (excluding diaryl/α,β-unsaturated/α-hetero) is 1. The van der Waals surface area contributed by atoms with Crippen LogP contribution in [0.5, 0.6) is 0 Å². The van der Waals surface area contributed by atoms with E-state index >= 15 is 0 Å². The molecule has 0 fully saturated rings. The molecule has 0 aliphatic rings. The van der Waals surface area contributed by atoms with Gasteiger partial charge in [-0.2, -0.15) is 48.3 Å². The maximum absolute atomic E-state index is 13.3. The van der Waals surface area contributed by atoms with Gasteiger partial charge < -0.3 is 4.74 Å². The Balaban J connectivity index is 5.25. The summed E-state index contributed by atoms with van der Waals surface area (Å²) in [6, 6.07) is 0. The largest absolute Gasteiger partial charge is 0.469 e. The molecule has 0 atom stereocenters. The van der Waals surface area contributed by atoms with Crippen LogP contribution < -0.4 is 0 Å². The van der Waals surface area contributed by atoms with Crippen molar-refractivity contribution < 1.29 is 62.6 Å². The van der Waals surface area contributed by atoms with Crippen LogP contribution in [-0.2, 0) is 14.3 Å². The normalized spacial score (nSPS) is 14.2. The second-order valence-corrected chi connectivity index (χ2v) is 5.36. The number of ketones is 1. The van der Waals surface area contributed by atoms with Crippen molar-refractivity contribution in [3.8, 4) is 0 Å². The number of rotatable bonds is 10. The fourth-order valence-electron chi connectivity index (χ4n) is 1.74. The van der Waals surface area contributed by atoms with Crippen LogP contribution in [0.1, 0.15) is 32.1 Å². The summed E-state index contributed by atoms with van der Waals surface area (Å²) < 4.78 is 144. The second-order valence-electron chi connectivity index (χ2n) is 5.36. The van der Waals surface area contributed by atoms with Gasteiger partial charge in [-0.3, -0.25) is 9.59 Å². The molecule has 0 aromatic carbocycles. The van der Waals surface area contributed by atoms with Gasteiger partial charge in [-0.25, -0.2) is 0 Å². The topological polar surface area (TPSA) is 43.4 Å². The van der Waals surface area contributed by atoms with Gasteiger partial charge >= 0.3 is 35.8 Å². The van der Waals surface area contributed by atoms with Gasteiger partial charge in [0.2, 0.25) is 5.78 Å². The molecule has 0 aromatic heterocycles. The molecule has 0 aliphatic carbocycles. The highest BCUT2D eigenvalue weighted by Gasteiger charge is 2.88. The van der Waals surface area contributed by atoms with Gasteiger partial charge in [-0.1, -0.05) is 6.42 Å². The Morgan fingerprint density at radius 1 is 0.667 bits per heavy atom. The van der Waals surface area contributed by atoms with Crippen molar-refractivity contribution >= 4 is 11.8 Å². The highest BCUT2D eigenvalue weighted by atomic mass is 19.4. The van der Waals surface area contributed by atoms with Crippen LogP contribution in [0.15, 0.2) is 0 Å². The van der Waals surface area contributed by atoms with Gasteiger partial charge in [-0.15, -0.1) is 0 Å². The van der Waals surface area contributed by atoms with Crippen LogP contribution >= 0.6 is 0 Å². The predicted octanol–water partition coefficient (Wildman–Crippen LogP) is 4.78. The fraction of sp³-hybridized carbons (Fsp3) is 0.846. The van der Waals surface area contributed by atoms with Crippen LogP contribution in [0.25, 0.3) is 0 Å². The zero-order valence-electron chi connectivity index (χ0n) is 13.4. The molecule has 0 radical (unpaired) electrons. The number of ether oxygens (including phenoxy) is 1. The molecule has 160 valence electrons. The number of unbranched alkanes of at least 4 members (excludes halogenated alkanes) is 2. The van der Waals surface area contributed by atoms with Crippen molar-refractivity contribution in [2.24, 2.45) is 0 Å². The van der Waals surface area contributed by atoms with Crippen LogP contribution in [0, 0.1) is 0 Å². The smallest absolute Gasteiger partial charge is 0.460 e. The molecule has 3 nitrogen and oxygen atoms in total. The molecule has 27 heavy (non-hydrogen) atoms. The van der Waals surface area contributed by atoms with E-state index in [-0.39, 0.29) is 19.3 Å². The molecular weight excluding hydrogens is 413 g/mol. The van der Waals surface area contributed by atoms with E-state index in [0.717, 1.165) is 7.11 Å². The third kappa shape index (κ3) is 4.81. The van der Waals surface area contributed by atoms with Crippen LogP contribution in [-0.4, -0.2) is 48.7 Å². The number of alkyl halides is 11. The van der Waals surface area contributed by atoms with Crippen molar-refractivity contribution in [2.45, 2.75) is 62.0 Å². The zero-order chi connectivity index (χ0) is 21.9. The molecule has 14 heteroatoms. The van der Waals surface area contributed by atoms with Crippen LogP contribution in [0.2, 0.25) is 0 Å². The van der Waals surface area contributed by atoms with E-state index in [2.05, 4.69) is 4.74 Å². The summed E-state index contributed by atoms with van der Waals surface area (Å²) in [5.74, 6) is -32.6. The van der Waals surface area contributed by atoms with E-state index < -0.39 is 54.5 Å². The summed E-state index contributed by atoms with van der Waals surface area (Å²) in [6.07, 6.45) is -9.94.